The molecule has 1 spiro atoms. The molecule has 1 fully saturated rings. The first-order valence-electron chi connectivity index (χ1n) is 8.79. The van der Waals surface area contributed by atoms with E-state index >= 15 is 0 Å². The number of piperidine rings is 1. The van der Waals surface area contributed by atoms with Gasteiger partial charge in [-0.2, -0.15) is 21.5 Å². The second kappa shape index (κ2) is 6.07. The van der Waals surface area contributed by atoms with Crippen LogP contribution < -0.4 is 0 Å². The van der Waals surface area contributed by atoms with Crippen molar-refractivity contribution >= 4 is 17.2 Å². The zero-order valence-corrected chi connectivity index (χ0v) is 15.0. The average molecular weight is 369 g/mol. The van der Waals surface area contributed by atoms with Gasteiger partial charge in [0.2, 0.25) is 0 Å². The third kappa shape index (κ3) is 2.48. The Morgan fingerprint density at radius 3 is 3.00 bits per heavy atom. The molecule has 0 aromatic carbocycles. The molecule has 7 nitrogen and oxygen atoms in total. The van der Waals surface area contributed by atoms with Crippen LogP contribution >= 0.6 is 11.3 Å². The molecule has 2 N–H and O–H groups in total. The second-order valence-electron chi connectivity index (χ2n) is 6.83. The lowest BCUT2D eigenvalue weighted by atomic mass is 9.83. The van der Waals surface area contributed by atoms with Gasteiger partial charge < -0.3 is 9.64 Å². The summed E-state index contributed by atoms with van der Waals surface area (Å²) in [5.74, 6) is -0.00512. The van der Waals surface area contributed by atoms with Crippen LogP contribution in [0.5, 0.6) is 0 Å². The topological polar surface area (TPSA) is 86.9 Å². The number of likely N-dealkylation sites (tertiary alicyclic amines) is 1. The predicted molar refractivity (Wildman–Crippen MR) is 97.0 cm³/mol. The molecule has 8 heteroatoms. The van der Waals surface area contributed by atoms with Crippen molar-refractivity contribution in [2.24, 2.45) is 0 Å². The largest absolute Gasteiger partial charge is 0.368 e. The van der Waals surface area contributed by atoms with Gasteiger partial charge in [-0.15, -0.1) is 0 Å². The van der Waals surface area contributed by atoms with Gasteiger partial charge >= 0.3 is 0 Å². The van der Waals surface area contributed by atoms with E-state index in [9.17, 15) is 4.79 Å². The van der Waals surface area contributed by atoms with E-state index in [2.05, 4.69) is 20.4 Å². The molecule has 2 aliphatic heterocycles. The van der Waals surface area contributed by atoms with E-state index in [1.54, 1.807) is 11.3 Å². The highest BCUT2D eigenvalue weighted by molar-refractivity contribution is 7.08. The van der Waals surface area contributed by atoms with Crippen LogP contribution in [0.15, 0.2) is 29.1 Å². The van der Waals surface area contributed by atoms with Crippen LogP contribution in [0.2, 0.25) is 0 Å². The normalized spacial score (nSPS) is 18.8. The van der Waals surface area contributed by atoms with Crippen molar-refractivity contribution in [3.63, 3.8) is 0 Å². The summed E-state index contributed by atoms with van der Waals surface area (Å²) in [5, 5.41) is 18.5. The minimum atomic E-state index is -0.323. The zero-order valence-electron chi connectivity index (χ0n) is 14.2. The van der Waals surface area contributed by atoms with Crippen molar-refractivity contribution < 1.29 is 9.53 Å². The number of carbonyl (C=O) groups excluding carboxylic acids is 1. The maximum absolute atomic E-state index is 12.8. The summed E-state index contributed by atoms with van der Waals surface area (Å²) >= 11 is 1.62. The summed E-state index contributed by atoms with van der Waals surface area (Å²) in [5.41, 5.74) is 4.39. The van der Waals surface area contributed by atoms with E-state index in [4.69, 9.17) is 4.74 Å². The number of nitrogens with one attached hydrogen (secondary N) is 2. The molecule has 134 valence electrons. The van der Waals surface area contributed by atoms with Gasteiger partial charge in [0.05, 0.1) is 24.2 Å². The van der Waals surface area contributed by atoms with Gasteiger partial charge in [-0.3, -0.25) is 15.0 Å². The summed E-state index contributed by atoms with van der Waals surface area (Å²) in [6.07, 6.45) is 4.35. The Morgan fingerprint density at radius 1 is 1.31 bits per heavy atom. The highest BCUT2D eigenvalue weighted by Gasteiger charge is 2.43. The summed E-state index contributed by atoms with van der Waals surface area (Å²) in [6, 6.07) is 3.83. The van der Waals surface area contributed by atoms with Crippen LogP contribution in [0.25, 0.3) is 11.3 Å². The number of hydrogen-bond acceptors (Lipinski definition) is 5. The molecule has 0 bridgehead atoms. The number of nitrogens with zero attached hydrogens (tertiary/aromatic N) is 3. The SMILES string of the molecule is O=C(c1cc(-c2ccsc2)n[nH]1)N1CCC2(CC1)OCCc1cn[nH]c12. The van der Waals surface area contributed by atoms with Crippen LogP contribution in [0.3, 0.4) is 0 Å². The third-order valence-corrected chi connectivity index (χ3v) is 6.09. The first-order valence-corrected chi connectivity index (χ1v) is 9.73. The van der Waals surface area contributed by atoms with Crippen molar-refractivity contribution in [2.45, 2.75) is 24.9 Å². The fourth-order valence-corrected chi connectivity index (χ4v) is 4.60. The van der Waals surface area contributed by atoms with Gasteiger partial charge in [0.25, 0.3) is 5.91 Å². The van der Waals surface area contributed by atoms with Gasteiger partial charge in [-0.1, -0.05) is 0 Å². The fraction of sp³-hybridized carbons (Fsp3) is 0.389. The number of rotatable bonds is 2. The highest BCUT2D eigenvalue weighted by Crippen LogP contribution is 2.40. The van der Waals surface area contributed by atoms with Crippen LogP contribution in [0.1, 0.15) is 34.6 Å². The summed E-state index contributed by atoms with van der Waals surface area (Å²) in [4.78, 5) is 14.7. The lowest BCUT2D eigenvalue weighted by Gasteiger charge is -2.43. The Balaban J connectivity index is 1.31. The molecule has 1 amide bonds. The molecule has 5 heterocycles. The van der Waals surface area contributed by atoms with Crippen LogP contribution in [-0.4, -0.2) is 50.9 Å². The molecular formula is C18H19N5O2S. The Morgan fingerprint density at radius 2 is 2.19 bits per heavy atom. The molecule has 26 heavy (non-hydrogen) atoms. The van der Waals surface area contributed by atoms with E-state index in [0.29, 0.717) is 25.4 Å². The minimum Gasteiger partial charge on any atom is -0.368 e. The Hall–Kier alpha value is -2.45. The monoisotopic (exact) mass is 369 g/mol. The predicted octanol–water partition coefficient (Wildman–Crippen LogP) is 2.57. The number of amides is 1. The van der Waals surface area contributed by atoms with E-state index in [-0.39, 0.29) is 11.5 Å². The molecule has 3 aromatic heterocycles. The van der Waals surface area contributed by atoms with Crippen molar-refractivity contribution in [3.05, 3.63) is 46.0 Å². The highest BCUT2D eigenvalue weighted by atomic mass is 32.1. The first-order chi connectivity index (χ1) is 12.8. The molecule has 0 radical (unpaired) electrons. The van der Waals surface area contributed by atoms with E-state index in [1.165, 1.54) is 5.56 Å². The lowest BCUT2D eigenvalue weighted by molar-refractivity contribution is -0.0962. The zero-order chi connectivity index (χ0) is 17.6. The van der Waals surface area contributed by atoms with Gasteiger partial charge in [-0.05, 0) is 42.3 Å². The van der Waals surface area contributed by atoms with Crippen LogP contribution in [-0.2, 0) is 16.8 Å². The Bertz CT molecular complexity index is 921. The molecule has 0 unspecified atom stereocenters. The van der Waals surface area contributed by atoms with Crippen molar-refractivity contribution in [2.75, 3.05) is 19.7 Å². The summed E-state index contributed by atoms with van der Waals surface area (Å²) in [7, 11) is 0. The lowest BCUT2D eigenvalue weighted by Crippen LogP contribution is -2.48. The second-order valence-corrected chi connectivity index (χ2v) is 7.61. The number of carbonyl (C=O) groups is 1. The van der Waals surface area contributed by atoms with Crippen molar-refractivity contribution in [1.82, 2.24) is 25.3 Å². The third-order valence-electron chi connectivity index (χ3n) is 5.41. The Kier molecular flexibility index (Phi) is 3.68. The summed E-state index contributed by atoms with van der Waals surface area (Å²) in [6.45, 7) is 2.03. The van der Waals surface area contributed by atoms with Crippen molar-refractivity contribution in [3.8, 4) is 11.3 Å². The van der Waals surface area contributed by atoms with E-state index < -0.39 is 0 Å². The molecule has 5 rings (SSSR count). The number of aromatic amines is 2. The van der Waals surface area contributed by atoms with E-state index in [0.717, 1.165) is 36.2 Å². The minimum absolute atomic E-state index is 0.00512. The van der Waals surface area contributed by atoms with Gasteiger partial charge in [0.15, 0.2) is 0 Å². The number of thiophene rings is 1. The van der Waals surface area contributed by atoms with Gasteiger partial charge in [0.1, 0.15) is 11.3 Å². The van der Waals surface area contributed by atoms with Gasteiger partial charge in [-0.25, -0.2) is 0 Å². The molecule has 3 aromatic rings. The van der Waals surface area contributed by atoms with Crippen molar-refractivity contribution in [1.29, 1.82) is 0 Å². The first kappa shape index (κ1) is 15.8. The van der Waals surface area contributed by atoms with Gasteiger partial charge in [0, 0.05) is 24.0 Å². The fourth-order valence-electron chi connectivity index (χ4n) is 3.95. The molecule has 0 saturated carbocycles. The smallest absolute Gasteiger partial charge is 0.271 e. The number of hydrogen-bond donors (Lipinski definition) is 2. The number of H-pyrrole nitrogens is 2. The number of ether oxygens (including phenoxy) is 1. The quantitative estimate of drug-likeness (QED) is 0.727. The molecule has 0 atom stereocenters. The summed E-state index contributed by atoms with van der Waals surface area (Å²) < 4.78 is 6.15. The number of fused-ring (bicyclic) bond motifs is 2. The van der Waals surface area contributed by atoms with E-state index in [1.807, 2.05) is 34.0 Å². The maximum atomic E-state index is 12.8. The Labute approximate surface area is 154 Å². The molecule has 0 aliphatic carbocycles. The number of aromatic nitrogens is 4. The standard InChI is InChI=1S/C18H19N5O2S/c24-17(15-9-14(20-21-15)13-2-8-26-11-13)23-5-3-18(4-6-23)16-12(1-7-25-18)10-19-22-16/h2,8-11H,1,3-7H2,(H,19,22)(H,20,21). The van der Waals surface area contributed by atoms with Crippen LogP contribution in [0.4, 0.5) is 0 Å². The maximum Gasteiger partial charge on any atom is 0.271 e. The van der Waals surface area contributed by atoms with Crippen LogP contribution in [0, 0.1) is 0 Å². The molecule has 1 saturated heterocycles. The molecular weight excluding hydrogens is 350 g/mol. The molecule has 2 aliphatic rings. The average Bonchev–Trinajstić information content (AvgIpc) is 3.41.